The molecule has 0 radical (unpaired) electrons. The Kier molecular flexibility index (Phi) is 6.95. The maximum atomic E-state index is 13.2. The van der Waals surface area contributed by atoms with Crippen molar-refractivity contribution in [3.8, 4) is 5.69 Å². The third-order valence-corrected chi connectivity index (χ3v) is 5.15. The minimum Gasteiger partial charge on any atom is -0.246 e. The van der Waals surface area contributed by atoms with Gasteiger partial charge in [-0.15, -0.1) is 0 Å². The van der Waals surface area contributed by atoms with Crippen LogP contribution in [-0.4, -0.2) is 13.9 Å². The molecule has 0 bridgehead atoms. The number of hydrogen-bond acceptors (Lipinski definition) is 2. The molecule has 1 atom stereocenters. The summed E-state index contributed by atoms with van der Waals surface area (Å²) < 4.78 is 4.28. The number of benzene rings is 1. The van der Waals surface area contributed by atoms with Crippen LogP contribution in [0.25, 0.3) is 5.69 Å². The summed E-state index contributed by atoms with van der Waals surface area (Å²) in [7, 11) is 0. The van der Waals surface area contributed by atoms with Crippen LogP contribution in [0, 0.1) is 0 Å². The molecule has 0 fully saturated rings. The molecule has 0 saturated heterocycles. The molecule has 1 aromatic heterocycles. The van der Waals surface area contributed by atoms with Gasteiger partial charge >= 0.3 is 28.4 Å². The molecule has 0 saturated carbocycles. The van der Waals surface area contributed by atoms with Crippen LogP contribution < -0.4 is 11.4 Å². The number of allylic oxidation sites excluding steroid dienone is 3. The van der Waals surface area contributed by atoms with Crippen molar-refractivity contribution in [1.82, 2.24) is 13.9 Å². The summed E-state index contributed by atoms with van der Waals surface area (Å²) in [6.45, 7) is 6.33. The van der Waals surface area contributed by atoms with Crippen molar-refractivity contribution in [1.29, 1.82) is 0 Å². The van der Waals surface area contributed by atoms with Gasteiger partial charge in [0.15, 0.2) is 0 Å². The maximum Gasteiger partial charge on any atom is 2.00 e. The van der Waals surface area contributed by atoms with Crippen LogP contribution in [0.15, 0.2) is 118 Å². The van der Waals surface area contributed by atoms with Crippen molar-refractivity contribution in [2.75, 3.05) is 0 Å². The van der Waals surface area contributed by atoms with Gasteiger partial charge in [-0.3, -0.25) is 0 Å². The summed E-state index contributed by atoms with van der Waals surface area (Å²) >= 11 is 0. The van der Waals surface area contributed by atoms with Gasteiger partial charge in [0.25, 0.3) is 0 Å². The van der Waals surface area contributed by atoms with E-state index in [9.17, 15) is 9.59 Å². The van der Waals surface area contributed by atoms with E-state index in [0.717, 1.165) is 16.7 Å². The monoisotopic (exact) mass is 453 g/mol. The smallest absolute Gasteiger partial charge is 0.246 e. The zero-order valence-electron chi connectivity index (χ0n) is 17.2. The summed E-state index contributed by atoms with van der Waals surface area (Å²) in [6.07, 6.45) is 1.98. The number of para-hydroxylation sites is 1. The minimum absolute atomic E-state index is 0. The minimum atomic E-state index is -0.341. The molecule has 0 amide bonds. The molecule has 2 heterocycles. The van der Waals surface area contributed by atoms with Crippen LogP contribution in [0.1, 0.15) is 18.5 Å². The second kappa shape index (κ2) is 9.65. The predicted octanol–water partition coefficient (Wildman–Crippen LogP) is 4.03. The first-order valence-electron chi connectivity index (χ1n) is 9.83. The van der Waals surface area contributed by atoms with Crippen LogP contribution in [0.3, 0.4) is 0 Å². The van der Waals surface area contributed by atoms with Gasteiger partial charge in [0.05, 0.1) is 18.3 Å². The van der Waals surface area contributed by atoms with E-state index < -0.39 is 0 Å². The van der Waals surface area contributed by atoms with Crippen molar-refractivity contribution in [2.45, 2.75) is 19.5 Å². The largest absolute Gasteiger partial charge is 2.00 e. The standard InChI is InChI=1S/C20H18N3O2.C5H5.Fe/c1-14(2)17-12-13-21-19(24)22(16-10-4-3-5-11-16)20(25)23(21)18(17)15-8-6-7-9-15;1-2-4-5-3-1;/h3-12,18H,1,13H2,2H3;1-5H;/q2*-1;+2. The first kappa shape index (κ1) is 22.3. The van der Waals surface area contributed by atoms with Crippen molar-refractivity contribution >= 4 is 0 Å². The summed E-state index contributed by atoms with van der Waals surface area (Å²) in [5.41, 5.74) is 2.74. The molecule has 0 spiro atoms. The number of fused-ring (bicyclic) bond motifs is 1. The van der Waals surface area contributed by atoms with Crippen molar-refractivity contribution < 1.29 is 17.1 Å². The molecular weight excluding hydrogens is 430 g/mol. The maximum absolute atomic E-state index is 13.2. The van der Waals surface area contributed by atoms with Crippen molar-refractivity contribution in [3.05, 3.63) is 135 Å². The Hall–Kier alpha value is -3.34. The second-order valence-corrected chi connectivity index (χ2v) is 7.19. The van der Waals surface area contributed by atoms with Gasteiger partial charge in [-0.1, -0.05) is 36.4 Å². The fourth-order valence-electron chi connectivity index (χ4n) is 3.76. The SMILES string of the molecule is C=C(C)C1=CCn2c(=O)n(-c3ccccc3)c(=O)n2C1c1cc[cH-]c1.[Fe+2].c1cc[cH-]c1. The third-order valence-electron chi connectivity index (χ3n) is 5.15. The van der Waals surface area contributed by atoms with Gasteiger partial charge in [0.2, 0.25) is 0 Å². The quantitative estimate of drug-likeness (QED) is 0.348. The normalized spacial score (nSPS) is 14.5. The van der Waals surface area contributed by atoms with Crippen LogP contribution in [-0.2, 0) is 23.6 Å². The van der Waals surface area contributed by atoms with E-state index in [0.29, 0.717) is 12.2 Å². The van der Waals surface area contributed by atoms with Gasteiger partial charge < -0.3 is 0 Å². The van der Waals surface area contributed by atoms with Gasteiger partial charge in [0.1, 0.15) is 0 Å². The van der Waals surface area contributed by atoms with Crippen LogP contribution in [0.5, 0.6) is 0 Å². The molecule has 3 aromatic carbocycles. The Morgan fingerprint density at radius 3 is 2.23 bits per heavy atom. The Balaban J connectivity index is 0.000000401. The average Bonchev–Trinajstić information content (AvgIpc) is 3.53. The van der Waals surface area contributed by atoms with Gasteiger partial charge in [-0.2, -0.15) is 42.0 Å². The molecule has 1 aliphatic heterocycles. The zero-order valence-corrected chi connectivity index (χ0v) is 18.3. The first-order chi connectivity index (χ1) is 14.6. The number of nitrogens with zero attached hydrogens (tertiary/aromatic N) is 3. The topological polar surface area (TPSA) is 48.9 Å². The number of hydrogen-bond donors (Lipinski definition) is 0. The van der Waals surface area contributed by atoms with Crippen molar-refractivity contribution in [3.63, 3.8) is 0 Å². The molecule has 5 rings (SSSR count). The summed E-state index contributed by atoms with van der Waals surface area (Å²) in [6, 6.07) is 26.5. The van der Waals surface area contributed by atoms with Gasteiger partial charge in [-0.05, 0) is 24.6 Å². The molecule has 4 aromatic rings. The van der Waals surface area contributed by atoms with Crippen LogP contribution in [0.2, 0.25) is 0 Å². The van der Waals surface area contributed by atoms with Crippen LogP contribution >= 0.6 is 0 Å². The molecule has 1 aliphatic rings. The molecule has 6 heteroatoms. The molecule has 31 heavy (non-hydrogen) atoms. The molecule has 0 aliphatic carbocycles. The zero-order chi connectivity index (χ0) is 21.1. The van der Waals surface area contributed by atoms with E-state index in [-0.39, 0.29) is 34.5 Å². The predicted molar refractivity (Wildman–Crippen MR) is 119 cm³/mol. The molecular formula is C25H23FeN3O2. The Bertz CT molecular complexity index is 1250. The van der Waals surface area contributed by atoms with Gasteiger partial charge in [-0.25, -0.2) is 41.7 Å². The van der Waals surface area contributed by atoms with Crippen LogP contribution in [0.4, 0.5) is 0 Å². The van der Waals surface area contributed by atoms with E-state index in [1.54, 1.807) is 16.8 Å². The Morgan fingerprint density at radius 2 is 1.68 bits per heavy atom. The third kappa shape index (κ3) is 4.26. The summed E-state index contributed by atoms with van der Waals surface area (Å²) in [4.78, 5) is 26.0. The summed E-state index contributed by atoms with van der Waals surface area (Å²) in [5.74, 6) is 0. The molecule has 0 N–H and O–H groups in total. The van der Waals surface area contributed by atoms with Crippen molar-refractivity contribution in [2.24, 2.45) is 0 Å². The van der Waals surface area contributed by atoms with E-state index in [1.807, 2.05) is 85.8 Å². The van der Waals surface area contributed by atoms with E-state index in [1.165, 1.54) is 9.25 Å². The second-order valence-electron chi connectivity index (χ2n) is 7.19. The number of rotatable bonds is 3. The van der Waals surface area contributed by atoms with E-state index in [2.05, 4.69) is 6.58 Å². The summed E-state index contributed by atoms with van der Waals surface area (Å²) in [5, 5.41) is 0. The van der Waals surface area contributed by atoms with E-state index >= 15 is 0 Å². The van der Waals surface area contributed by atoms with E-state index in [4.69, 9.17) is 0 Å². The molecule has 1 unspecified atom stereocenters. The Morgan fingerprint density at radius 1 is 0.968 bits per heavy atom. The Labute approximate surface area is 191 Å². The number of aromatic nitrogens is 3. The molecule has 158 valence electrons. The average molecular weight is 453 g/mol. The first-order valence-corrected chi connectivity index (χ1v) is 9.83. The fourth-order valence-corrected chi connectivity index (χ4v) is 3.76. The van der Waals surface area contributed by atoms with Gasteiger partial charge in [0, 0.05) is 0 Å². The molecule has 5 nitrogen and oxygen atoms in total. The fraction of sp³-hybridized carbons (Fsp3) is 0.120.